The van der Waals surface area contributed by atoms with Crippen LogP contribution in [0.4, 0.5) is 5.69 Å². The highest BCUT2D eigenvalue weighted by molar-refractivity contribution is 7.07. The molecule has 4 heterocycles. The number of hydrogen-bond acceptors (Lipinski definition) is 6. The molecule has 0 saturated carbocycles. The van der Waals surface area contributed by atoms with Crippen molar-refractivity contribution in [1.82, 2.24) is 4.57 Å². The minimum atomic E-state index is -0.727. The summed E-state index contributed by atoms with van der Waals surface area (Å²) >= 11 is 1.27. The molecule has 8 heteroatoms. The van der Waals surface area contributed by atoms with Crippen molar-refractivity contribution in [2.45, 2.75) is 19.9 Å². The molecule has 7 nitrogen and oxygen atoms in total. The van der Waals surface area contributed by atoms with Gasteiger partial charge in [-0.1, -0.05) is 29.5 Å². The predicted octanol–water partition coefficient (Wildman–Crippen LogP) is 3.37. The zero-order valence-electron chi connectivity index (χ0n) is 17.4. The third kappa shape index (κ3) is 3.54. The van der Waals surface area contributed by atoms with Crippen LogP contribution in [0.5, 0.6) is 0 Å². The number of nitrogens with one attached hydrogen (secondary N) is 1. The number of furan rings is 2. The number of thiazole rings is 1. The average Bonchev–Trinajstić information content (AvgIpc) is 3.50. The number of benzene rings is 1. The first-order valence-electron chi connectivity index (χ1n) is 9.99. The van der Waals surface area contributed by atoms with Gasteiger partial charge in [0.05, 0.1) is 28.3 Å². The molecule has 5 rings (SSSR count). The van der Waals surface area contributed by atoms with Crippen LogP contribution in [-0.2, 0) is 4.79 Å². The van der Waals surface area contributed by atoms with Crippen molar-refractivity contribution >= 4 is 29.0 Å². The molecule has 1 N–H and O–H groups in total. The average molecular weight is 446 g/mol. The second kappa shape index (κ2) is 7.97. The minimum Gasteiger partial charge on any atom is -0.472 e. The highest BCUT2D eigenvalue weighted by Gasteiger charge is 2.34. The summed E-state index contributed by atoms with van der Waals surface area (Å²) in [7, 11) is 0. The van der Waals surface area contributed by atoms with Crippen molar-refractivity contribution in [3.8, 4) is 0 Å². The molecule has 0 spiro atoms. The van der Waals surface area contributed by atoms with E-state index in [1.807, 2.05) is 31.2 Å². The number of para-hydroxylation sites is 1. The lowest BCUT2D eigenvalue weighted by molar-refractivity contribution is -0.113. The Bertz CT molecular complexity index is 1510. The van der Waals surface area contributed by atoms with Crippen LogP contribution < -0.4 is 20.2 Å². The number of nitrogens with zero attached hydrogens (tertiary/aromatic N) is 2. The van der Waals surface area contributed by atoms with Crippen LogP contribution in [0.1, 0.15) is 30.0 Å². The Balaban J connectivity index is 1.68. The Morgan fingerprint density at radius 3 is 2.66 bits per heavy atom. The van der Waals surface area contributed by atoms with Gasteiger partial charge in [-0.05, 0) is 50.3 Å². The Hall–Kier alpha value is -3.91. The van der Waals surface area contributed by atoms with Crippen molar-refractivity contribution in [3.63, 3.8) is 0 Å². The molecule has 0 aliphatic carbocycles. The molecule has 3 aromatic heterocycles. The van der Waals surface area contributed by atoms with Gasteiger partial charge < -0.3 is 14.2 Å². The highest BCUT2D eigenvalue weighted by Crippen LogP contribution is 2.31. The van der Waals surface area contributed by atoms with E-state index >= 15 is 0 Å². The standard InChI is InChI=1S/C24H19N3O4S/c1-14-8-9-18(31-14)21-20(22(28)26-17-6-4-3-5-7-17)15(2)25-24-27(21)23(29)19(32-24)12-16-10-11-30-13-16/h3-13,21H,1-2H3,(H,26,28)/b19-12+. The maximum atomic E-state index is 13.4. The minimum absolute atomic E-state index is 0.244. The predicted molar refractivity (Wildman–Crippen MR) is 121 cm³/mol. The van der Waals surface area contributed by atoms with E-state index in [0.29, 0.717) is 37.8 Å². The van der Waals surface area contributed by atoms with Crippen LogP contribution in [-0.4, -0.2) is 10.5 Å². The number of rotatable bonds is 4. The quantitative estimate of drug-likeness (QED) is 0.522. The normalized spacial score (nSPS) is 16.1. The third-order valence-electron chi connectivity index (χ3n) is 5.17. The van der Waals surface area contributed by atoms with Gasteiger partial charge in [-0.15, -0.1) is 0 Å². The molecule has 0 fully saturated rings. The maximum Gasteiger partial charge on any atom is 0.271 e. The largest absolute Gasteiger partial charge is 0.472 e. The van der Waals surface area contributed by atoms with E-state index in [9.17, 15) is 9.59 Å². The fourth-order valence-electron chi connectivity index (χ4n) is 3.71. The number of aromatic nitrogens is 1. The van der Waals surface area contributed by atoms with Crippen LogP contribution >= 0.6 is 11.3 Å². The van der Waals surface area contributed by atoms with Gasteiger partial charge in [0, 0.05) is 11.3 Å². The van der Waals surface area contributed by atoms with Crippen molar-refractivity contribution < 1.29 is 13.6 Å². The second-order valence-electron chi connectivity index (χ2n) is 7.41. The van der Waals surface area contributed by atoms with Gasteiger partial charge in [0.2, 0.25) is 0 Å². The maximum absolute atomic E-state index is 13.4. The van der Waals surface area contributed by atoms with E-state index in [1.54, 1.807) is 49.8 Å². The molecule has 1 aromatic carbocycles. The SMILES string of the molecule is CC1=C(C(=O)Nc2ccccc2)C(c2ccc(C)o2)n2c(s/c(=C/c3ccoc3)c2=O)=N1. The first-order chi connectivity index (χ1) is 15.5. The van der Waals surface area contributed by atoms with Crippen molar-refractivity contribution in [3.05, 3.63) is 109 Å². The Morgan fingerprint density at radius 1 is 1.16 bits per heavy atom. The molecule has 0 saturated heterocycles. The number of carbonyl (C=O) groups is 1. The van der Waals surface area contributed by atoms with Crippen LogP contribution in [0, 0.1) is 6.92 Å². The molecular formula is C24H19N3O4S. The van der Waals surface area contributed by atoms with Crippen molar-refractivity contribution in [2.24, 2.45) is 4.99 Å². The number of aryl methyl sites for hydroxylation is 1. The molecular weight excluding hydrogens is 426 g/mol. The van der Waals surface area contributed by atoms with Crippen molar-refractivity contribution in [2.75, 3.05) is 5.32 Å². The van der Waals surface area contributed by atoms with Crippen LogP contribution in [0.3, 0.4) is 0 Å². The van der Waals surface area contributed by atoms with E-state index in [4.69, 9.17) is 8.83 Å². The van der Waals surface area contributed by atoms with Crippen LogP contribution in [0.15, 0.2) is 90.9 Å². The lowest BCUT2D eigenvalue weighted by Crippen LogP contribution is -2.40. The summed E-state index contributed by atoms with van der Waals surface area (Å²) in [6.07, 6.45) is 4.86. The number of carbonyl (C=O) groups excluding carboxylic acids is 1. The van der Waals surface area contributed by atoms with Gasteiger partial charge in [0.15, 0.2) is 4.80 Å². The summed E-state index contributed by atoms with van der Waals surface area (Å²) in [6, 6.07) is 13.8. The summed E-state index contributed by atoms with van der Waals surface area (Å²) in [5, 5.41) is 2.91. The smallest absolute Gasteiger partial charge is 0.271 e. The monoisotopic (exact) mass is 445 g/mol. The first kappa shape index (κ1) is 20.0. The lowest BCUT2D eigenvalue weighted by atomic mass is 10.00. The van der Waals surface area contributed by atoms with Crippen molar-refractivity contribution in [1.29, 1.82) is 0 Å². The molecule has 1 atom stereocenters. The Labute approximate surface area is 186 Å². The molecule has 32 heavy (non-hydrogen) atoms. The topological polar surface area (TPSA) is 89.7 Å². The molecule has 0 bridgehead atoms. The summed E-state index contributed by atoms with van der Waals surface area (Å²) in [5.74, 6) is 0.865. The van der Waals surface area contributed by atoms with Gasteiger partial charge in [0.1, 0.15) is 17.6 Å². The van der Waals surface area contributed by atoms with Crippen LogP contribution in [0.2, 0.25) is 0 Å². The zero-order valence-corrected chi connectivity index (χ0v) is 18.2. The number of anilines is 1. The van der Waals surface area contributed by atoms with Gasteiger partial charge in [0.25, 0.3) is 11.5 Å². The summed E-state index contributed by atoms with van der Waals surface area (Å²) in [6.45, 7) is 3.60. The number of amides is 1. The van der Waals surface area contributed by atoms with E-state index in [0.717, 1.165) is 5.56 Å². The summed E-state index contributed by atoms with van der Waals surface area (Å²) in [4.78, 5) is 31.9. The van der Waals surface area contributed by atoms with Gasteiger partial charge in [-0.3, -0.25) is 14.2 Å². The van der Waals surface area contributed by atoms with E-state index in [-0.39, 0.29) is 11.5 Å². The van der Waals surface area contributed by atoms with Gasteiger partial charge >= 0.3 is 0 Å². The molecule has 1 aliphatic rings. The lowest BCUT2D eigenvalue weighted by Gasteiger charge is -2.23. The second-order valence-corrected chi connectivity index (χ2v) is 8.42. The Morgan fingerprint density at radius 2 is 1.97 bits per heavy atom. The van der Waals surface area contributed by atoms with Crippen LogP contribution in [0.25, 0.3) is 6.08 Å². The summed E-state index contributed by atoms with van der Waals surface area (Å²) in [5.41, 5.74) is 2.09. The van der Waals surface area contributed by atoms with E-state index < -0.39 is 6.04 Å². The van der Waals surface area contributed by atoms with Gasteiger partial charge in [-0.25, -0.2) is 4.99 Å². The molecule has 4 aromatic rings. The highest BCUT2D eigenvalue weighted by atomic mass is 32.1. The van der Waals surface area contributed by atoms with Gasteiger partial charge in [-0.2, -0.15) is 0 Å². The fourth-order valence-corrected chi connectivity index (χ4v) is 4.76. The number of hydrogen-bond donors (Lipinski definition) is 1. The molecule has 1 aliphatic heterocycles. The molecule has 0 radical (unpaired) electrons. The molecule has 1 amide bonds. The molecule has 1 unspecified atom stereocenters. The summed E-state index contributed by atoms with van der Waals surface area (Å²) < 4.78 is 13.0. The first-order valence-corrected chi connectivity index (χ1v) is 10.8. The Kier molecular flexibility index (Phi) is 4.99. The van der Waals surface area contributed by atoms with E-state index in [1.165, 1.54) is 15.9 Å². The zero-order chi connectivity index (χ0) is 22.2. The molecule has 160 valence electrons. The third-order valence-corrected chi connectivity index (χ3v) is 6.15. The van der Waals surface area contributed by atoms with E-state index in [2.05, 4.69) is 10.3 Å². The number of fused-ring (bicyclic) bond motifs is 1. The fraction of sp³-hybridized carbons (Fsp3) is 0.125. The number of allylic oxidation sites excluding steroid dienone is 1.